The number of benzene rings is 2. The third kappa shape index (κ3) is 2.69. The first-order chi connectivity index (χ1) is 12.0. The van der Waals surface area contributed by atoms with Crippen LogP contribution in [0.3, 0.4) is 0 Å². The van der Waals surface area contributed by atoms with Crippen molar-refractivity contribution >= 4 is 32.5 Å². The third-order valence-corrected chi connectivity index (χ3v) is 5.14. The Morgan fingerprint density at radius 2 is 2.00 bits per heavy atom. The summed E-state index contributed by atoms with van der Waals surface area (Å²) >= 11 is 1.47. The van der Waals surface area contributed by atoms with Crippen molar-refractivity contribution in [2.45, 2.75) is 6.54 Å². The zero-order valence-electron chi connectivity index (χ0n) is 13.9. The van der Waals surface area contributed by atoms with Gasteiger partial charge in [-0.3, -0.25) is 4.79 Å². The second-order valence-electron chi connectivity index (χ2n) is 6.29. The molecule has 6 heteroatoms. The minimum atomic E-state index is -0.129. The number of hydrogen-bond acceptors (Lipinski definition) is 5. The summed E-state index contributed by atoms with van der Waals surface area (Å²) in [4.78, 5) is 18.6. The molecule has 0 bridgehead atoms. The summed E-state index contributed by atoms with van der Waals surface area (Å²) in [6, 6.07) is 10.9. The number of fused-ring (bicyclic) bond motifs is 2. The molecular weight excluding hydrogens is 336 g/mol. The van der Waals surface area contributed by atoms with Crippen molar-refractivity contribution in [2.75, 3.05) is 14.1 Å². The first kappa shape index (κ1) is 15.8. The zero-order valence-corrected chi connectivity index (χ0v) is 14.7. The Morgan fingerprint density at radius 3 is 2.76 bits per heavy atom. The van der Waals surface area contributed by atoms with Crippen molar-refractivity contribution in [1.82, 2.24) is 4.98 Å². The Hall–Kier alpha value is -2.70. The predicted molar refractivity (Wildman–Crippen MR) is 99.3 cm³/mol. The van der Waals surface area contributed by atoms with Gasteiger partial charge in [0.2, 0.25) is 5.43 Å². The monoisotopic (exact) mass is 353 g/mol. The van der Waals surface area contributed by atoms with Crippen LogP contribution in [0.4, 0.5) is 0 Å². The van der Waals surface area contributed by atoms with Crippen LogP contribution in [0.15, 0.2) is 51.9 Å². The van der Waals surface area contributed by atoms with E-state index >= 15 is 0 Å². The van der Waals surface area contributed by atoms with E-state index in [9.17, 15) is 9.90 Å². The molecule has 4 aromatic rings. The van der Waals surface area contributed by atoms with Crippen molar-refractivity contribution in [1.29, 1.82) is 0 Å². The van der Waals surface area contributed by atoms with E-state index in [-0.39, 0.29) is 11.2 Å². The van der Waals surface area contributed by atoms with Crippen LogP contribution in [0.25, 0.3) is 31.8 Å². The topological polar surface area (TPSA) is 67.8 Å². The van der Waals surface area contributed by atoms with Crippen LogP contribution in [0.1, 0.15) is 5.56 Å². The first-order valence-corrected chi connectivity index (χ1v) is 8.77. The molecule has 126 valence electrons. The lowest BCUT2D eigenvalue weighted by Gasteiger charge is -2.11. The molecule has 0 saturated heterocycles. The molecule has 0 aliphatic carbocycles. The molecule has 0 amide bonds. The van der Waals surface area contributed by atoms with Crippen molar-refractivity contribution in [3.8, 4) is 16.3 Å². The van der Waals surface area contributed by atoms with Gasteiger partial charge in [-0.1, -0.05) is 12.1 Å². The number of aromatic hydroxyl groups is 1. The number of phenols is 1. The van der Waals surface area contributed by atoms with Crippen molar-refractivity contribution < 1.29 is 14.4 Å². The van der Waals surface area contributed by atoms with Gasteiger partial charge in [0.15, 0.2) is 0 Å². The molecule has 25 heavy (non-hydrogen) atoms. The average molecular weight is 353 g/mol. The normalized spacial score (nSPS) is 11.6. The van der Waals surface area contributed by atoms with Gasteiger partial charge < -0.3 is 14.4 Å². The summed E-state index contributed by atoms with van der Waals surface area (Å²) in [5.74, 6) is 0.143. The van der Waals surface area contributed by atoms with Gasteiger partial charge in [0.25, 0.3) is 0 Å². The van der Waals surface area contributed by atoms with E-state index in [1.165, 1.54) is 17.6 Å². The van der Waals surface area contributed by atoms with Crippen molar-refractivity contribution in [2.24, 2.45) is 0 Å². The molecule has 0 saturated carbocycles. The largest absolute Gasteiger partial charge is 0.507 e. The van der Waals surface area contributed by atoms with Gasteiger partial charge in [-0.15, -0.1) is 11.3 Å². The molecule has 0 fully saturated rings. The Bertz CT molecular complexity index is 1110. The van der Waals surface area contributed by atoms with Crippen LogP contribution in [0, 0.1) is 0 Å². The number of phenolic OH excluding ortho intramolecular Hbond substituents is 1. The average Bonchev–Trinajstić information content (AvgIpc) is 3.01. The number of thiazole rings is 1. The van der Waals surface area contributed by atoms with E-state index in [4.69, 9.17) is 4.42 Å². The summed E-state index contributed by atoms with van der Waals surface area (Å²) in [6.07, 6.45) is 1.45. The van der Waals surface area contributed by atoms with Crippen molar-refractivity contribution in [3.05, 3.63) is 58.4 Å². The van der Waals surface area contributed by atoms with Gasteiger partial charge in [0, 0.05) is 0 Å². The minimum Gasteiger partial charge on any atom is -0.507 e. The lowest BCUT2D eigenvalue weighted by atomic mass is 10.1. The lowest BCUT2D eigenvalue weighted by molar-refractivity contribution is -0.872. The van der Waals surface area contributed by atoms with Gasteiger partial charge in [0.1, 0.15) is 29.1 Å². The van der Waals surface area contributed by atoms with Crippen LogP contribution in [0.5, 0.6) is 5.75 Å². The van der Waals surface area contributed by atoms with Gasteiger partial charge >= 0.3 is 0 Å². The van der Waals surface area contributed by atoms with E-state index in [1.54, 1.807) is 12.1 Å². The van der Waals surface area contributed by atoms with E-state index < -0.39 is 0 Å². The quantitative estimate of drug-likeness (QED) is 0.594. The second-order valence-corrected chi connectivity index (χ2v) is 7.32. The number of rotatable bonds is 3. The summed E-state index contributed by atoms with van der Waals surface area (Å²) in [6.45, 7) is 0.562. The minimum absolute atomic E-state index is 0.129. The Labute approximate surface area is 147 Å². The predicted octanol–water partition coefficient (Wildman–Crippen LogP) is 2.42. The fourth-order valence-electron chi connectivity index (χ4n) is 2.91. The molecule has 0 radical (unpaired) electrons. The molecule has 0 atom stereocenters. The molecule has 2 aromatic heterocycles. The maximum Gasteiger partial charge on any atom is 0.202 e. The van der Waals surface area contributed by atoms with Crippen LogP contribution in [0.2, 0.25) is 0 Å². The highest BCUT2D eigenvalue weighted by molar-refractivity contribution is 7.21. The number of para-hydroxylation sites is 1. The number of nitrogens with zero attached hydrogens (tertiary/aromatic N) is 1. The Kier molecular flexibility index (Phi) is 3.78. The van der Waals surface area contributed by atoms with E-state index in [1.807, 2.05) is 38.4 Å². The third-order valence-electron chi connectivity index (χ3n) is 4.07. The Balaban J connectivity index is 1.94. The summed E-state index contributed by atoms with van der Waals surface area (Å²) in [5, 5.41) is 11.3. The van der Waals surface area contributed by atoms with Gasteiger partial charge in [0.05, 0.1) is 40.8 Å². The number of quaternary nitrogens is 1. The first-order valence-electron chi connectivity index (χ1n) is 7.96. The van der Waals surface area contributed by atoms with Gasteiger partial charge in [-0.25, -0.2) is 4.98 Å². The van der Waals surface area contributed by atoms with Crippen LogP contribution in [-0.2, 0) is 6.54 Å². The number of nitrogens with one attached hydrogen (secondary N) is 1. The molecule has 5 nitrogen and oxygen atoms in total. The molecular formula is C19H17N2O3S+. The smallest absolute Gasteiger partial charge is 0.202 e. The maximum absolute atomic E-state index is 13.0. The zero-order chi connectivity index (χ0) is 17.6. The van der Waals surface area contributed by atoms with Gasteiger partial charge in [-0.2, -0.15) is 0 Å². The maximum atomic E-state index is 13.0. The second kappa shape index (κ2) is 5.98. The lowest BCUT2D eigenvalue weighted by Crippen LogP contribution is -3.04. The van der Waals surface area contributed by atoms with Crippen LogP contribution < -0.4 is 10.3 Å². The summed E-state index contributed by atoms with van der Waals surface area (Å²) < 4.78 is 6.81. The van der Waals surface area contributed by atoms with Crippen molar-refractivity contribution in [3.63, 3.8) is 0 Å². The molecule has 0 aliphatic heterocycles. The van der Waals surface area contributed by atoms with E-state index in [2.05, 4.69) is 4.98 Å². The standard InChI is InChI=1S/C19H16N2O3S/c1-21(2)9-12-15(22)8-7-11-17(23)13(10-24-18(11)12)19-20-14-5-3-4-6-16(14)25-19/h3-8,10,22H,9H2,1-2H3/p+1. The highest BCUT2D eigenvalue weighted by atomic mass is 32.1. The number of aromatic nitrogens is 1. The van der Waals surface area contributed by atoms with E-state index in [0.29, 0.717) is 33.6 Å². The molecule has 0 aliphatic rings. The molecule has 0 unspecified atom stereocenters. The molecule has 4 rings (SSSR count). The summed E-state index contributed by atoms with van der Waals surface area (Å²) in [7, 11) is 3.96. The highest BCUT2D eigenvalue weighted by Crippen LogP contribution is 2.31. The van der Waals surface area contributed by atoms with Crippen LogP contribution in [-0.4, -0.2) is 24.2 Å². The SMILES string of the molecule is C[NH+](C)Cc1c(O)ccc2c(=O)c(-c3nc4ccccc4s3)coc12. The van der Waals surface area contributed by atoms with Crippen LogP contribution >= 0.6 is 11.3 Å². The number of hydrogen-bond donors (Lipinski definition) is 2. The summed E-state index contributed by atoms with van der Waals surface area (Å²) in [5.41, 5.74) is 2.27. The highest BCUT2D eigenvalue weighted by Gasteiger charge is 2.18. The fourth-order valence-corrected chi connectivity index (χ4v) is 3.87. The Morgan fingerprint density at radius 1 is 1.20 bits per heavy atom. The molecule has 2 N–H and O–H groups in total. The molecule has 2 heterocycles. The molecule has 2 aromatic carbocycles. The van der Waals surface area contributed by atoms with Gasteiger partial charge in [-0.05, 0) is 24.3 Å². The fraction of sp³-hybridized carbons (Fsp3) is 0.158. The molecule has 0 spiro atoms. The van der Waals surface area contributed by atoms with E-state index in [0.717, 1.165) is 15.1 Å².